The summed E-state index contributed by atoms with van der Waals surface area (Å²) in [5.74, 6) is 0.376. The number of nitrogen functional groups attached to an aromatic ring is 1. The number of halogens is 1. The molecule has 13 nitrogen and oxygen atoms in total. The topological polar surface area (TPSA) is 134 Å². The number of rotatable bonds is 9. The minimum atomic E-state index is -0.407. The summed E-state index contributed by atoms with van der Waals surface area (Å²) in [4.78, 5) is 42.4. The van der Waals surface area contributed by atoms with Crippen molar-refractivity contribution < 1.29 is 13.6 Å². The SMILES string of the molecule is CN(C)CCN(C)C(=O)c1ccc(N2CCN(CCn3c(=O)sc4c3nc(N)n3nc(-c5ccco5)nc43)CC2)c(F)c1. The second-order valence-electron chi connectivity index (χ2n) is 10.8. The van der Waals surface area contributed by atoms with Crippen LogP contribution in [0.15, 0.2) is 45.8 Å². The second kappa shape index (κ2) is 11.7. The molecule has 0 unspecified atom stereocenters. The van der Waals surface area contributed by atoms with Gasteiger partial charge in [-0.25, -0.2) is 9.37 Å². The number of anilines is 2. The molecule has 1 saturated heterocycles. The maximum absolute atomic E-state index is 15.1. The third-order valence-electron chi connectivity index (χ3n) is 7.63. The number of piperazine rings is 1. The summed E-state index contributed by atoms with van der Waals surface area (Å²) >= 11 is 1.06. The summed E-state index contributed by atoms with van der Waals surface area (Å²) in [6.45, 7) is 4.96. The highest BCUT2D eigenvalue weighted by Crippen LogP contribution is 2.26. The predicted octanol–water partition coefficient (Wildman–Crippen LogP) is 1.94. The van der Waals surface area contributed by atoms with E-state index in [1.807, 2.05) is 23.9 Å². The van der Waals surface area contributed by atoms with Crippen LogP contribution in [0.1, 0.15) is 10.4 Å². The Balaban J connectivity index is 1.10. The zero-order chi connectivity index (χ0) is 30.2. The molecule has 226 valence electrons. The Bertz CT molecular complexity index is 1820. The van der Waals surface area contributed by atoms with Gasteiger partial charge in [0.05, 0.1) is 12.0 Å². The number of hydrogen-bond donors (Lipinski definition) is 1. The van der Waals surface area contributed by atoms with Gasteiger partial charge in [-0.15, -0.1) is 5.10 Å². The number of likely N-dealkylation sites (N-methyl/N-ethyl adjacent to an activating group) is 2. The minimum Gasteiger partial charge on any atom is -0.461 e. The van der Waals surface area contributed by atoms with E-state index in [4.69, 9.17) is 10.2 Å². The normalized spacial score (nSPS) is 14.4. The molecule has 1 aromatic carbocycles. The third kappa shape index (κ3) is 5.70. The summed E-state index contributed by atoms with van der Waals surface area (Å²) in [5, 5.41) is 4.40. The zero-order valence-electron chi connectivity index (χ0n) is 24.2. The van der Waals surface area contributed by atoms with Gasteiger partial charge in [-0.3, -0.25) is 19.1 Å². The molecule has 1 fully saturated rings. The molecule has 15 heteroatoms. The summed E-state index contributed by atoms with van der Waals surface area (Å²) in [7, 11) is 5.61. The van der Waals surface area contributed by atoms with Crippen LogP contribution in [0, 0.1) is 5.82 Å². The number of hydrogen-bond acceptors (Lipinski definition) is 11. The molecular weight excluding hydrogens is 575 g/mol. The fraction of sp³-hybridized carbons (Fsp3) is 0.393. The number of thiazole rings is 1. The molecule has 1 aliphatic heterocycles. The molecule has 0 bridgehead atoms. The molecule has 0 saturated carbocycles. The first-order valence-electron chi connectivity index (χ1n) is 14.0. The molecule has 43 heavy (non-hydrogen) atoms. The van der Waals surface area contributed by atoms with Crippen LogP contribution in [0.2, 0.25) is 0 Å². The van der Waals surface area contributed by atoms with Gasteiger partial charge in [-0.1, -0.05) is 11.3 Å². The van der Waals surface area contributed by atoms with Crippen LogP contribution < -0.4 is 15.5 Å². The third-order valence-corrected chi connectivity index (χ3v) is 8.60. The van der Waals surface area contributed by atoms with E-state index >= 15 is 4.39 Å². The van der Waals surface area contributed by atoms with Crippen molar-refractivity contribution >= 4 is 44.9 Å². The quantitative estimate of drug-likeness (QED) is 0.265. The molecule has 1 aliphatic rings. The van der Waals surface area contributed by atoms with E-state index in [-0.39, 0.29) is 16.7 Å². The molecule has 0 spiro atoms. The number of carbonyl (C=O) groups excluding carboxylic acids is 1. The average molecular weight is 609 g/mol. The van der Waals surface area contributed by atoms with Crippen molar-refractivity contribution in [3.63, 3.8) is 0 Å². The number of benzene rings is 1. The molecule has 6 rings (SSSR count). The van der Waals surface area contributed by atoms with E-state index in [0.29, 0.717) is 84.6 Å². The van der Waals surface area contributed by atoms with E-state index in [9.17, 15) is 9.59 Å². The molecule has 2 N–H and O–H groups in total. The van der Waals surface area contributed by atoms with Gasteiger partial charge in [-0.05, 0) is 44.4 Å². The van der Waals surface area contributed by atoms with Gasteiger partial charge in [0.2, 0.25) is 11.8 Å². The van der Waals surface area contributed by atoms with Crippen LogP contribution in [0.4, 0.5) is 16.0 Å². The van der Waals surface area contributed by atoms with E-state index in [1.54, 1.807) is 40.8 Å². The van der Waals surface area contributed by atoms with Crippen molar-refractivity contribution in [2.24, 2.45) is 0 Å². The van der Waals surface area contributed by atoms with Crippen LogP contribution >= 0.6 is 11.3 Å². The zero-order valence-corrected chi connectivity index (χ0v) is 25.1. The molecule has 0 aliphatic carbocycles. The average Bonchev–Trinajstić information content (AvgIpc) is 3.74. The smallest absolute Gasteiger partial charge is 0.309 e. The fourth-order valence-corrected chi connectivity index (χ4v) is 6.09. The predicted molar refractivity (Wildman–Crippen MR) is 163 cm³/mol. The number of amides is 1. The Morgan fingerprint density at radius 3 is 2.56 bits per heavy atom. The first-order valence-corrected chi connectivity index (χ1v) is 14.8. The van der Waals surface area contributed by atoms with Gasteiger partial charge >= 0.3 is 4.87 Å². The number of carbonyl (C=O) groups is 1. The standard InChI is InChI=1S/C28H33FN10O3S/c1-34(2)8-9-35(3)26(40)18-6-7-20(19(29)17-18)37-13-10-36(11-14-37)12-15-38-24-22(43-28(38)41)25-31-23(21-5-4-16-42-21)33-39(25)27(30)32-24/h4-7,16-17H,8-15H2,1-3H3,(H2,30,32). The molecule has 1 amide bonds. The Morgan fingerprint density at radius 1 is 1.07 bits per heavy atom. The molecule has 5 aromatic rings. The van der Waals surface area contributed by atoms with Crippen LogP contribution in [0.3, 0.4) is 0 Å². The highest BCUT2D eigenvalue weighted by Gasteiger charge is 2.23. The Labute approximate surface area is 250 Å². The largest absolute Gasteiger partial charge is 0.461 e. The van der Waals surface area contributed by atoms with Gasteiger partial charge in [0.15, 0.2) is 17.1 Å². The number of aromatic nitrogens is 5. The van der Waals surface area contributed by atoms with Crippen LogP contribution in [0.5, 0.6) is 0 Å². The van der Waals surface area contributed by atoms with Crippen molar-refractivity contribution in [2.45, 2.75) is 6.54 Å². The number of furan rings is 1. The minimum absolute atomic E-state index is 0.128. The van der Waals surface area contributed by atoms with Crippen molar-refractivity contribution in [3.8, 4) is 11.6 Å². The van der Waals surface area contributed by atoms with Gasteiger partial charge in [0.25, 0.3) is 5.91 Å². The van der Waals surface area contributed by atoms with Crippen LogP contribution in [-0.4, -0.2) is 112 Å². The Morgan fingerprint density at radius 2 is 1.86 bits per heavy atom. The Hall–Kier alpha value is -4.34. The summed E-state index contributed by atoms with van der Waals surface area (Å²) in [5.41, 5.74) is 7.94. The van der Waals surface area contributed by atoms with E-state index in [1.165, 1.54) is 16.8 Å². The molecule has 0 atom stereocenters. The molecule has 4 aromatic heterocycles. The molecule has 0 radical (unpaired) electrons. The number of nitrogens with two attached hydrogens (primary N) is 1. The lowest BCUT2D eigenvalue weighted by Crippen LogP contribution is -2.47. The lowest BCUT2D eigenvalue weighted by atomic mass is 10.1. The van der Waals surface area contributed by atoms with Gasteiger partial charge in [0.1, 0.15) is 10.5 Å². The molecule has 5 heterocycles. The lowest BCUT2D eigenvalue weighted by Gasteiger charge is -2.36. The monoisotopic (exact) mass is 608 g/mol. The van der Waals surface area contributed by atoms with Gasteiger partial charge in [0, 0.05) is 65.0 Å². The maximum Gasteiger partial charge on any atom is 0.309 e. The maximum atomic E-state index is 15.1. The number of nitrogens with zero attached hydrogens (tertiary/aromatic N) is 9. The summed E-state index contributed by atoms with van der Waals surface area (Å²) in [6, 6.07) is 8.20. The van der Waals surface area contributed by atoms with E-state index in [0.717, 1.165) is 17.9 Å². The lowest BCUT2D eigenvalue weighted by molar-refractivity contribution is 0.0786. The highest BCUT2D eigenvalue weighted by atomic mass is 32.1. The van der Waals surface area contributed by atoms with Crippen molar-refractivity contribution in [2.75, 3.05) is 77.6 Å². The van der Waals surface area contributed by atoms with Crippen LogP contribution in [-0.2, 0) is 6.54 Å². The fourth-order valence-electron chi connectivity index (χ4n) is 5.16. The van der Waals surface area contributed by atoms with Crippen molar-refractivity contribution in [1.29, 1.82) is 0 Å². The first-order chi connectivity index (χ1) is 20.7. The molecular formula is C28H33FN10O3S. The summed E-state index contributed by atoms with van der Waals surface area (Å²) in [6.07, 6.45) is 1.54. The van der Waals surface area contributed by atoms with Crippen molar-refractivity contribution in [3.05, 3.63) is 57.6 Å². The number of fused-ring (bicyclic) bond motifs is 3. The Kier molecular flexibility index (Phi) is 7.85. The first kappa shape index (κ1) is 28.8. The van der Waals surface area contributed by atoms with E-state index in [2.05, 4.69) is 20.0 Å². The van der Waals surface area contributed by atoms with Crippen molar-refractivity contribution in [1.82, 2.24) is 38.8 Å². The van der Waals surface area contributed by atoms with Gasteiger partial charge in [-0.2, -0.15) is 9.50 Å². The highest BCUT2D eigenvalue weighted by molar-refractivity contribution is 7.17. The van der Waals surface area contributed by atoms with E-state index < -0.39 is 5.82 Å². The van der Waals surface area contributed by atoms with Gasteiger partial charge < -0.3 is 24.9 Å². The summed E-state index contributed by atoms with van der Waals surface area (Å²) < 4.78 is 24.2. The second-order valence-corrected chi connectivity index (χ2v) is 11.8. The van der Waals surface area contributed by atoms with Crippen LogP contribution in [0.25, 0.3) is 27.6 Å².